The molecule has 0 aromatic carbocycles. The highest BCUT2D eigenvalue weighted by Crippen LogP contribution is 2.37. The zero-order chi connectivity index (χ0) is 13.7. The van der Waals surface area contributed by atoms with Gasteiger partial charge in [0.2, 0.25) is 0 Å². The fraction of sp³-hybridized carbons (Fsp3) is 1.00. The van der Waals surface area contributed by atoms with Crippen LogP contribution >= 0.6 is 21.7 Å². The molecule has 17 heavy (non-hydrogen) atoms. The minimum atomic E-state index is -3.23. The van der Waals surface area contributed by atoms with Crippen LogP contribution in [0.25, 0.3) is 0 Å². The Morgan fingerprint density at radius 1 is 0.882 bits per heavy atom. The minimum Gasteiger partial charge on any atom is -0.308 e. The van der Waals surface area contributed by atoms with Crippen molar-refractivity contribution in [2.45, 2.75) is 18.8 Å². The van der Waals surface area contributed by atoms with Gasteiger partial charge in [0.1, 0.15) is 0 Å². The summed E-state index contributed by atoms with van der Waals surface area (Å²) in [6.45, 7) is -1.01. The molecular weight excluding hydrogens is 282 g/mol. The highest BCUT2D eigenvalue weighted by atomic mass is 32.3. The number of hydrogen-bond donors (Lipinski definition) is 4. The lowest BCUT2D eigenvalue weighted by atomic mass is 10.2. The van der Waals surface area contributed by atoms with Crippen molar-refractivity contribution in [1.29, 1.82) is 0 Å². The molecule has 0 fully saturated rings. The molecule has 108 valence electrons. The quantitative estimate of drug-likeness (QED) is 0.550. The molecule has 0 unspecified atom stereocenters. The largest absolute Gasteiger partial charge is 0.308 e. The molecule has 0 aliphatic carbocycles. The smallest absolute Gasteiger partial charge is 0.252 e. The zero-order valence-electron chi connectivity index (χ0n) is 9.51. The van der Waals surface area contributed by atoms with Crippen LogP contribution in [0, 0.1) is 0 Å². The van der Waals surface area contributed by atoms with Crippen LogP contribution < -0.4 is 0 Å². The van der Waals surface area contributed by atoms with Gasteiger partial charge in [-0.3, -0.25) is 8.37 Å². The van der Waals surface area contributed by atoms with Gasteiger partial charge in [0.05, 0.1) is 35.0 Å². The molecule has 0 radical (unpaired) electrons. The number of hydrogen-bond acceptors (Lipinski definition) is 6. The van der Waals surface area contributed by atoms with Gasteiger partial charge in [0.15, 0.2) is 0 Å². The summed E-state index contributed by atoms with van der Waals surface area (Å²) in [5.41, 5.74) is 0. The van der Waals surface area contributed by atoms with E-state index < -0.39 is 53.7 Å². The van der Waals surface area contributed by atoms with E-state index in [1.807, 2.05) is 0 Å². The van der Waals surface area contributed by atoms with Gasteiger partial charge in [-0.2, -0.15) is 0 Å². The van der Waals surface area contributed by atoms with Crippen LogP contribution in [0.2, 0.25) is 0 Å². The molecular formula is C7H18F2O6S2. The average molecular weight is 300 g/mol. The molecule has 0 rings (SSSR count). The average Bonchev–Trinajstić information content (AvgIpc) is 1.96. The summed E-state index contributed by atoms with van der Waals surface area (Å²) in [6, 6.07) is 0. The Balaban J connectivity index is 3.81. The summed E-state index contributed by atoms with van der Waals surface area (Å²) < 4.78 is 70.1. The van der Waals surface area contributed by atoms with E-state index in [1.165, 1.54) is 0 Å². The van der Waals surface area contributed by atoms with Crippen molar-refractivity contribution in [3.8, 4) is 0 Å². The third-order valence-corrected chi connectivity index (χ3v) is 2.78. The third-order valence-electron chi connectivity index (χ3n) is 1.55. The Hall–Kier alpha value is 0.320. The van der Waals surface area contributed by atoms with Crippen molar-refractivity contribution in [1.82, 2.24) is 0 Å². The SMILES string of the molecule is CS(O)(O)OCCC(F)(F)CCOS(C)(O)O. The molecule has 0 saturated carbocycles. The summed E-state index contributed by atoms with van der Waals surface area (Å²) in [5.74, 6) is -3.13. The van der Waals surface area contributed by atoms with E-state index in [4.69, 9.17) is 18.2 Å². The van der Waals surface area contributed by atoms with Crippen LogP contribution in [0.3, 0.4) is 0 Å². The highest BCUT2D eigenvalue weighted by molar-refractivity contribution is 8.19. The highest BCUT2D eigenvalue weighted by Gasteiger charge is 2.30. The van der Waals surface area contributed by atoms with Gasteiger partial charge in [0.25, 0.3) is 5.92 Å². The zero-order valence-corrected chi connectivity index (χ0v) is 11.1. The molecule has 0 atom stereocenters. The Labute approximate surface area is 102 Å². The second-order valence-corrected chi connectivity index (χ2v) is 7.05. The molecule has 0 aromatic rings. The summed E-state index contributed by atoms with van der Waals surface area (Å²) in [5, 5.41) is 0. The number of alkyl halides is 2. The molecule has 0 spiro atoms. The predicted octanol–water partition coefficient (Wildman–Crippen LogP) is 3.03. The van der Waals surface area contributed by atoms with Crippen LogP contribution in [0.4, 0.5) is 8.78 Å². The maximum atomic E-state index is 13.1. The molecule has 4 N–H and O–H groups in total. The Bertz CT molecular complexity index is 205. The predicted molar refractivity (Wildman–Crippen MR) is 63.6 cm³/mol. The molecule has 0 aromatic heterocycles. The van der Waals surface area contributed by atoms with E-state index in [2.05, 4.69) is 8.37 Å². The van der Waals surface area contributed by atoms with E-state index in [9.17, 15) is 8.78 Å². The molecule has 0 aliphatic rings. The van der Waals surface area contributed by atoms with Crippen molar-refractivity contribution in [3.05, 3.63) is 0 Å². The normalized spacial score (nSPS) is 16.0. The fourth-order valence-corrected chi connectivity index (χ4v) is 1.62. The van der Waals surface area contributed by atoms with Gasteiger partial charge < -0.3 is 18.2 Å². The lowest BCUT2D eigenvalue weighted by molar-refractivity contribution is -0.0357. The first-order chi connectivity index (χ1) is 7.41. The van der Waals surface area contributed by atoms with E-state index >= 15 is 0 Å². The summed E-state index contributed by atoms with van der Waals surface area (Å²) in [7, 11) is -6.46. The van der Waals surface area contributed by atoms with Crippen molar-refractivity contribution in [3.63, 3.8) is 0 Å². The first-order valence-corrected chi connectivity index (χ1v) is 8.30. The molecule has 10 heteroatoms. The van der Waals surface area contributed by atoms with E-state index in [-0.39, 0.29) is 0 Å². The van der Waals surface area contributed by atoms with Gasteiger partial charge in [-0.15, -0.1) is 0 Å². The summed E-state index contributed by atoms with van der Waals surface area (Å²) in [4.78, 5) is 0. The second kappa shape index (κ2) is 6.48. The van der Waals surface area contributed by atoms with Crippen molar-refractivity contribution < 1.29 is 35.4 Å². The molecule has 6 nitrogen and oxygen atoms in total. The Morgan fingerprint density at radius 2 is 1.18 bits per heavy atom. The monoisotopic (exact) mass is 300 g/mol. The van der Waals surface area contributed by atoms with Gasteiger partial charge >= 0.3 is 0 Å². The first-order valence-electron chi connectivity index (χ1n) is 4.54. The van der Waals surface area contributed by atoms with Gasteiger partial charge in [0, 0.05) is 25.4 Å². The molecule has 0 bridgehead atoms. The van der Waals surface area contributed by atoms with E-state index in [0.717, 1.165) is 12.5 Å². The van der Waals surface area contributed by atoms with Crippen LogP contribution in [0.15, 0.2) is 0 Å². The molecule has 0 amide bonds. The minimum absolute atomic E-state index is 0.506. The fourth-order valence-electron chi connectivity index (χ4n) is 0.823. The van der Waals surface area contributed by atoms with Crippen molar-refractivity contribution in [2.24, 2.45) is 0 Å². The number of halogens is 2. The molecule has 0 saturated heterocycles. The van der Waals surface area contributed by atoms with Gasteiger partial charge in [-0.25, -0.2) is 8.78 Å². The lowest BCUT2D eigenvalue weighted by Crippen LogP contribution is -2.22. The van der Waals surface area contributed by atoms with Gasteiger partial charge in [-0.1, -0.05) is 0 Å². The van der Waals surface area contributed by atoms with E-state index in [1.54, 1.807) is 0 Å². The maximum absolute atomic E-state index is 13.1. The summed E-state index contributed by atoms with van der Waals surface area (Å²) in [6.07, 6.45) is 0.563. The van der Waals surface area contributed by atoms with Crippen LogP contribution in [-0.4, -0.2) is 49.9 Å². The van der Waals surface area contributed by atoms with Crippen LogP contribution in [-0.2, 0) is 8.37 Å². The molecule has 0 aliphatic heterocycles. The summed E-state index contributed by atoms with van der Waals surface area (Å²) >= 11 is 0. The second-order valence-electron chi connectivity index (χ2n) is 3.52. The Kier molecular flexibility index (Phi) is 6.60. The lowest BCUT2D eigenvalue weighted by Gasteiger charge is -2.24. The topological polar surface area (TPSA) is 99.4 Å². The van der Waals surface area contributed by atoms with E-state index in [0.29, 0.717) is 0 Å². The standard InChI is InChI=1S/C7H18F2O6S2/c1-16(10,11)14-5-3-7(8,9)4-6-15-17(2,12)13/h10-13H,3-6H2,1-2H3. The van der Waals surface area contributed by atoms with Crippen LogP contribution in [0.1, 0.15) is 12.8 Å². The first kappa shape index (κ1) is 17.3. The van der Waals surface area contributed by atoms with Crippen molar-refractivity contribution >= 4 is 21.7 Å². The Morgan fingerprint density at radius 3 is 1.41 bits per heavy atom. The third kappa shape index (κ3) is 12.6. The van der Waals surface area contributed by atoms with Gasteiger partial charge in [-0.05, 0) is 0 Å². The maximum Gasteiger partial charge on any atom is 0.252 e. The van der Waals surface area contributed by atoms with Crippen molar-refractivity contribution in [2.75, 3.05) is 25.7 Å². The molecule has 0 heterocycles. The van der Waals surface area contributed by atoms with Crippen LogP contribution in [0.5, 0.6) is 0 Å². The number of rotatable bonds is 8.